The third-order valence-corrected chi connectivity index (χ3v) is 7.29. The van der Waals surface area contributed by atoms with Crippen LogP contribution in [0.2, 0.25) is 0 Å². The molecule has 31 heavy (non-hydrogen) atoms. The molecule has 1 amide bonds. The summed E-state index contributed by atoms with van der Waals surface area (Å²) in [5, 5.41) is 11.1. The lowest BCUT2D eigenvalue weighted by molar-refractivity contribution is -0.0464. The van der Waals surface area contributed by atoms with E-state index >= 15 is 0 Å². The van der Waals surface area contributed by atoms with Crippen LogP contribution in [0.25, 0.3) is 11.1 Å². The molecule has 4 heteroatoms. The van der Waals surface area contributed by atoms with Crippen LogP contribution in [0.3, 0.4) is 0 Å². The normalized spacial score (nSPS) is 26.4. The molecule has 162 valence electrons. The van der Waals surface area contributed by atoms with Gasteiger partial charge >= 0.3 is 6.09 Å². The third-order valence-electron chi connectivity index (χ3n) is 7.29. The zero-order valence-electron chi connectivity index (χ0n) is 18.4. The van der Waals surface area contributed by atoms with Crippen molar-refractivity contribution in [1.29, 1.82) is 0 Å². The SMILES string of the molecule is CC(C)=CCC1(O)CC2CCC(C1)N2C(=O)OCC1c2ccccc2-c2ccccc21. The van der Waals surface area contributed by atoms with Crippen molar-refractivity contribution in [2.75, 3.05) is 6.61 Å². The fourth-order valence-electron chi connectivity index (χ4n) is 5.85. The van der Waals surface area contributed by atoms with Gasteiger partial charge in [0, 0.05) is 18.0 Å². The fourth-order valence-corrected chi connectivity index (χ4v) is 5.85. The molecule has 2 aromatic rings. The standard InChI is InChI=1S/C27H31NO3/c1-18(2)13-14-27(30)15-19-11-12-20(16-27)28(19)26(29)31-17-25-23-9-5-3-7-21(23)22-8-4-6-10-24(22)25/h3-10,13,19-20,25,30H,11-12,14-17H2,1-2H3. The molecule has 2 unspecified atom stereocenters. The molecule has 5 rings (SSSR count). The van der Waals surface area contributed by atoms with Gasteiger partial charge in [-0.3, -0.25) is 0 Å². The van der Waals surface area contributed by atoms with E-state index < -0.39 is 5.60 Å². The van der Waals surface area contributed by atoms with Gasteiger partial charge in [-0.1, -0.05) is 60.2 Å². The lowest BCUT2D eigenvalue weighted by atomic mass is 9.83. The van der Waals surface area contributed by atoms with Crippen LogP contribution >= 0.6 is 0 Å². The van der Waals surface area contributed by atoms with E-state index in [2.05, 4.69) is 68.5 Å². The molecule has 0 spiro atoms. The predicted molar refractivity (Wildman–Crippen MR) is 122 cm³/mol. The second-order valence-corrected chi connectivity index (χ2v) is 9.71. The van der Waals surface area contributed by atoms with E-state index in [9.17, 15) is 9.90 Å². The van der Waals surface area contributed by atoms with E-state index in [4.69, 9.17) is 4.74 Å². The molecular formula is C27H31NO3. The van der Waals surface area contributed by atoms with Gasteiger partial charge in [-0.25, -0.2) is 4.79 Å². The molecule has 2 bridgehead atoms. The zero-order chi connectivity index (χ0) is 21.6. The van der Waals surface area contributed by atoms with Gasteiger partial charge in [0.25, 0.3) is 0 Å². The van der Waals surface area contributed by atoms with Crippen LogP contribution in [0.5, 0.6) is 0 Å². The summed E-state index contributed by atoms with van der Waals surface area (Å²) in [6, 6.07) is 17.0. The fraction of sp³-hybridized carbons (Fsp3) is 0.444. The van der Waals surface area contributed by atoms with Gasteiger partial charge in [0.1, 0.15) is 6.61 Å². The Morgan fingerprint density at radius 3 is 2.13 bits per heavy atom. The van der Waals surface area contributed by atoms with E-state index in [1.807, 2.05) is 4.90 Å². The van der Waals surface area contributed by atoms with Gasteiger partial charge in [0.15, 0.2) is 0 Å². The molecule has 2 aliphatic heterocycles. The highest BCUT2D eigenvalue weighted by atomic mass is 16.6. The Hall–Kier alpha value is -2.59. The van der Waals surface area contributed by atoms with Gasteiger partial charge in [0.05, 0.1) is 5.60 Å². The third kappa shape index (κ3) is 3.67. The molecule has 2 atom stereocenters. The first-order valence-electron chi connectivity index (χ1n) is 11.4. The van der Waals surface area contributed by atoms with Crippen molar-refractivity contribution in [1.82, 2.24) is 4.90 Å². The van der Waals surface area contributed by atoms with Gasteiger partial charge in [-0.2, -0.15) is 0 Å². The Morgan fingerprint density at radius 2 is 1.58 bits per heavy atom. The molecule has 0 radical (unpaired) electrons. The number of aliphatic hydroxyl groups is 1. The quantitative estimate of drug-likeness (QED) is 0.654. The lowest BCUT2D eigenvalue weighted by Crippen LogP contribution is -2.53. The lowest BCUT2D eigenvalue weighted by Gasteiger charge is -2.43. The number of ether oxygens (including phenoxy) is 1. The molecule has 1 N–H and O–H groups in total. The first-order valence-corrected chi connectivity index (χ1v) is 11.4. The van der Waals surface area contributed by atoms with Gasteiger partial charge in [-0.15, -0.1) is 0 Å². The molecule has 2 heterocycles. The maximum atomic E-state index is 13.1. The van der Waals surface area contributed by atoms with Crippen LogP contribution in [0.4, 0.5) is 4.79 Å². The average molecular weight is 418 g/mol. The summed E-state index contributed by atoms with van der Waals surface area (Å²) in [4.78, 5) is 15.0. The van der Waals surface area contributed by atoms with Crippen LogP contribution < -0.4 is 0 Å². The highest BCUT2D eigenvalue weighted by Gasteiger charge is 2.49. The summed E-state index contributed by atoms with van der Waals surface area (Å²) in [7, 11) is 0. The number of fused-ring (bicyclic) bond motifs is 5. The van der Waals surface area contributed by atoms with Gasteiger partial charge < -0.3 is 14.7 Å². The van der Waals surface area contributed by atoms with Crippen LogP contribution in [0.15, 0.2) is 60.2 Å². The largest absolute Gasteiger partial charge is 0.448 e. The van der Waals surface area contributed by atoms with E-state index in [1.54, 1.807) is 0 Å². The minimum Gasteiger partial charge on any atom is -0.448 e. The number of nitrogens with zero attached hydrogens (tertiary/aromatic N) is 1. The second kappa shape index (κ2) is 7.83. The number of piperidine rings is 1. The molecule has 0 saturated carbocycles. The van der Waals surface area contributed by atoms with E-state index in [1.165, 1.54) is 27.8 Å². The molecule has 2 fully saturated rings. The van der Waals surface area contributed by atoms with Crippen molar-refractivity contribution in [3.63, 3.8) is 0 Å². The van der Waals surface area contributed by atoms with E-state index in [0.717, 1.165) is 12.8 Å². The van der Waals surface area contributed by atoms with E-state index in [-0.39, 0.29) is 24.1 Å². The highest BCUT2D eigenvalue weighted by molar-refractivity contribution is 5.79. The van der Waals surface area contributed by atoms with Crippen LogP contribution in [0, 0.1) is 0 Å². The Bertz CT molecular complexity index is 963. The van der Waals surface area contributed by atoms with E-state index in [0.29, 0.717) is 25.9 Å². The minimum absolute atomic E-state index is 0.0740. The first kappa shape index (κ1) is 20.3. The smallest absolute Gasteiger partial charge is 0.410 e. The highest BCUT2D eigenvalue weighted by Crippen LogP contribution is 2.46. The first-order chi connectivity index (χ1) is 15.0. The molecule has 1 aliphatic carbocycles. The number of amides is 1. The monoisotopic (exact) mass is 417 g/mol. The van der Waals surface area contributed by atoms with Crippen molar-refractivity contribution in [3.05, 3.63) is 71.3 Å². The van der Waals surface area contributed by atoms with Crippen molar-refractivity contribution >= 4 is 6.09 Å². The van der Waals surface area contributed by atoms with Gasteiger partial charge in [-0.05, 0) is 68.2 Å². The number of carbonyl (C=O) groups is 1. The van der Waals surface area contributed by atoms with Crippen molar-refractivity contribution in [2.45, 2.75) is 69.6 Å². The topological polar surface area (TPSA) is 49.8 Å². The summed E-state index contributed by atoms with van der Waals surface area (Å²) in [5.74, 6) is 0.0772. The summed E-state index contributed by atoms with van der Waals surface area (Å²) in [6.07, 6.45) is 5.73. The number of benzene rings is 2. The number of rotatable bonds is 4. The maximum absolute atomic E-state index is 13.1. The average Bonchev–Trinajstić information content (AvgIpc) is 3.23. The minimum atomic E-state index is -0.705. The van der Waals surface area contributed by atoms with Crippen LogP contribution in [0.1, 0.15) is 63.0 Å². The summed E-state index contributed by atoms with van der Waals surface area (Å²) in [6.45, 7) is 4.47. The summed E-state index contributed by atoms with van der Waals surface area (Å²) < 4.78 is 5.92. The number of allylic oxidation sites excluding steroid dienone is 1. The summed E-state index contributed by atoms with van der Waals surface area (Å²) in [5.41, 5.74) is 5.45. The Balaban J connectivity index is 1.29. The van der Waals surface area contributed by atoms with Crippen molar-refractivity contribution in [2.24, 2.45) is 0 Å². The zero-order valence-corrected chi connectivity index (χ0v) is 18.4. The van der Waals surface area contributed by atoms with Crippen LogP contribution in [-0.2, 0) is 4.74 Å². The number of carbonyl (C=O) groups excluding carboxylic acids is 1. The molecule has 0 aromatic heterocycles. The summed E-state index contributed by atoms with van der Waals surface area (Å²) >= 11 is 0. The number of hydrogen-bond donors (Lipinski definition) is 1. The second-order valence-electron chi connectivity index (χ2n) is 9.71. The van der Waals surface area contributed by atoms with Gasteiger partial charge in [0.2, 0.25) is 0 Å². The Kier molecular flexibility index (Phi) is 5.13. The molecule has 3 aliphatic rings. The maximum Gasteiger partial charge on any atom is 0.410 e. The van der Waals surface area contributed by atoms with Crippen molar-refractivity contribution in [3.8, 4) is 11.1 Å². The molecule has 4 nitrogen and oxygen atoms in total. The Morgan fingerprint density at radius 1 is 1.03 bits per heavy atom. The van der Waals surface area contributed by atoms with Crippen LogP contribution in [-0.4, -0.2) is 40.4 Å². The Labute approximate surface area is 184 Å². The van der Waals surface area contributed by atoms with Crippen molar-refractivity contribution < 1.29 is 14.6 Å². The molecule has 2 saturated heterocycles. The molecular weight excluding hydrogens is 386 g/mol. The number of hydrogen-bond acceptors (Lipinski definition) is 3. The molecule has 2 aromatic carbocycles. The predicted octanol–water partition coefficient (Wildman–Crippen LogP) is 5.65.